The van der Waals surface area contributed by atoms with Crippen LogP contribution in [0.4, 0.5) is 5.69 Å². The monoisotopic (exact) mass is 415 g/mol. The largest absolute Gasteiger partial charge is 0.389 e. The first kappa shape index (κ1) is 23.1. The lowest BCUT2D eigenvalue weighted by atomic mass is 9.80. The molecule has 5 nitrogen and oxygen atoms in total. The molecule has 0 radical (unpaired) electrons. The van der Waals surface area contributed by atoms with Gasteiger partial charge in [0.25, 0.3) is 0 Å². The van der Waals surface area contributed by atoms with Crippen molar-refractivity contribution in [2.45, 2.75) is 83.4 Å². The molecule has 2 atom stereocenters. The van der Waals surface area contributed by atoms with Gasteiger partial charge in [-0.1, -0.05) is 26.0 Å². The highest BCUT2D eigenvalue weighted by Gasteiger charge is 2.41. The zero-order valence-electron chi connectivity index (χ0n) is 19.6. The van der Waals surface area contributed by atoms with Crippen molar-refractivity contribution < 1.29 is 9.90 Å². The van der Waals surface area contributed by atoms with E-state index < -0.39 is 5.60 Å². The molecule has 2 saturated heterocycles. The van der Waals surface area contributed by atoms with Crippen molar-refractivity contribution >= 4 is 11.6 Å². The van der Waals surface area contributed by atoms with E-state index in [9.17, 15) is 9.90 Å². The van der Waals surface area contributed by atoms with Gasteiger partial charge in [0.15, 0.2) is 0 Å². The first-order valence-corrected chi connectivity index (χ1v) is 11.8. The number of anilines is 1. The van der Waals surface area contributed by atoms with Crippen LogP contribution in [0.1, 0.15) is 71.3 Å². The van der Waals surface area contributed by atoms with Crippen LogP contribution in [0.15, 0.2) is 24.3 Å². The van der Waals surface area contributed by atoms with Gasteiger partial charge in [-0.15, -0.1) is 0 Å². The second kappa shape index (κ2) is 9.69. The molecular weight excluding hydrogens is 374 g/mol. The van der Waals surface area contributed by atoms with Crippen molar-refractivity contribution in [2.75, 3.05) is 38.1 Å². The van der Waals surface area contributed by atoms with Crippen molar-refractivity contribution in [3.05, 3.63) is 29.8 Å². The molecule has 5 heteroatoms. The van der Waals surface area contributed by atoms with Gasteiger partial charge in [0.2, 0.25) is 5.91 Å². The summed E-state index contributed by atoms with van der Waals surface area (Å²) in [5, 5.41) is 11.1. The molecule has 1 amide bonds. The Kier molecular flexibility index (Phi) is 7.46. The highest BCUT2D eigenvalue weighted by Crippen LogP contribution is 2.33. The summed E-state index contributed by atoms with van der Waals surface area (Å²) in [6.45, 7) is 12.2. The first-order chi connectivity index (χ1) is 14.2. The molecule has 0 aliphatic carbocycles. The fourth-order valence-corrected chi connectivity index (χ4v) is 5.15. The van der Waals surface area contributed by atoms with Crippen molar-refractivity contribution in [3.8, 4) is 0 Å². The van der Waals surface area contributed by atoms with Crippen molar-refractivity contribution in [1.29, 1.82) is 0 Å². The van der Waals surface area contributed by atoms with E-state index >= 15 is 0 Å². The number of carbonyl (C=O) groups is 1. The number of aliphatic hydroxyl groups is 1. The molecule has 2 unspecified atom stereocenters. The highest BCUT2D eigenvalue weighted by atomic mass is 16.3. The van der Waals surface area contributed by atoms with E-state index in [1.165, 1.54) is 11.3 Å². The maximum Gasteiger partial charge on any atom is 0.225 e. The van der Waals surface area contributed by atoms with Gasteiger partial charge in [-0.25, -0.2) is 0 Å². The number of hydrogen-bond acceptors (Lipinski definition) is 4. The van der Waals surface area contributed by atoms with Crippen LogP contribution in [0.5, 0.6) is 0 Å². The quantitative estimate of drug-likeness (QED) is 0.811. The van der Waals surface area contributed by atoms with Crippen LogP contribution in [-0.2, 0) is 4.79 Å². The highest BCUT2D eigenvalue weighted by molar-refractivity contribution is 5.77. The maximum atomic E-state index is 13.0. The average Bonchev–Trinajstić information content (AvgIpc) is 2.65. The number of likely N-dealkylation sites (tertiary alicyclic amines) is 1. The molecule has 168 valence electrons. The number of hydrogen-bond donors (Lipinski definition) is 1. The second-order valence-electron chi connectivity index (χ2n) is 9.99. The summed E-state index contributed by atoms with van der Waals surface area (Å²) in [5.41, 5.74) is 1.79. The first-order valence-electron chi connectivity index (χ1n) is 11.8. The Morgan fingerprint density at radius 1 is 1.03 bits per heavy atom. The third-order valence-corrected chi connectivity index (χ3v) is 7.21. The SMILES string of the molecule is CC(C)c1ccc(N2CCCN(C(=O)CC3(O)CC(C)N(C)C(C)C3)CCC2)cc1. The number of rotatable bonds is 4. The predicted octanol–water partition coefficient (Wildman–Crippen LogP) is 3.86. The van der Waals surface area contributed by atoms with Crippen LogP contribution in [0, 0.1) is 0 Å². The lowest BCUT2D eigenvalue weighted by Gasteiger charge is -2.45. The van der Waals surface area contributed by atoms with E-state index in [-0.39, 0.29) is 12.3 Å². The minimum absolute atomic E-state index is 0.121. The van der Waals surface area contributed by atoms with Crippen LogP contribution < -0.4 is 4.90 Å². The van der Waals surface area contributed by atoms with E-state index in [0.29, 0.717) is 30.8 Å². The summed E-state index contributed by atoms with van der Waals surface area (Å²) >= 11 is 0. The summed E-state index contributed by atoms with van der Waals surface area (Å²) in [6, 6.07) is 9.54. The standard InChI is InChI=1S/C25H41N3O2/c1-19(2)22-8-10-23(11-9-22)27-12-6-14-28(15-7-13-27)24(29)18-25(30)16-20(3)26(5)21(4)17-25/h8-11,19-21,30H,6-7,12-18H2,1-5H3. The van der Waals surface area contributed by atoms with Crippen LogP contribution in [0.2, 0.25) is 0 Å². The fourth-order valence-electron chi connectivity index (χ4n) is 5.15. The fraction of sp³-hybridized carbons (Fsp3) is 0.720. The molecule has 3 rings (SSSR count). The van der Waals surface area contributed by atoms with E-state index in [4.69, 9.17) is 0 Å². The normalized spacial score (nSPS) is 29.0. The summed E-state index contributed by atoms with van der Waals surface area (Å²) < 4.78 is 0. The Balaban J connectivity index is 1.53. The van der Waals surface area contributed by atoms with Gasteiger partial charge in [-0.05, 0) is 70.2 Å². The van der Waals surface area contributed by atoms with Gasteiger partial charge in [-0.3, -0.25) is 4.79 Å². The zero-order valence-corrected chi connectivity index (χ0v) is 19.6. The van der Waals surface area contributed by atoms with Crippen molar-refractivity contribution in [3.63, 3.8) is 0 Å². The summed E-state index contributed by atoms with van der Waals surface area (Å²) in [7, 11) is 2.11. The number of carbonyl (C=O) groups excluding carboxylic acids is 1. The van der Waals surface area contributed by atoms with Crippen molar-refractivity contribution in [1.82, 2.24) is 9.80 Å². The molecule has 0 aromatic heterocycles. The minimum Gasteiger partial charge on any atom is -0.389 e. The number of amides is 1. The lowest BCUT2D eigenvalue weighted by Crippen LogP contribution is -2.54. The molecule has 30 heavy (non-hydrogen) atoms. The number of nitrogens with zero attached hydrogens (tertiary/aromatic N) is 3. The number of piperidine rings is 1. The summed E-state index contributed by atoms with van der Waals surface area (Å²) in [6.07, 6.45) is 3.54. The predicted molar refractivity (Wildman–Crippen MR) is 124 cm³/mol. The molecule has 2 aliphatic rings. The Labute approximate surface area is 183 Å². The molecule has 1 aromatic rings. The summed E-state index contributed by atoms with van der Waals surface area (Å²) in [5.74, 6) is 0.674. The Morgan fingerprint density at radius 2 is 1.57 bits per heavy atom. The third kappa shape index (κ3) is 5.55. The molecule has 0 bridgehead atoms. The van der Waals surface area contributed by atoms with Gasteiger partial charge in [0.1, 0.15) is 0 Å². The topological polar surface area (TPSA) is 47.0 Å². The van der Waals surface area contributed by atoms with Crippen LogP contribution in [-0.4, -0.2) is 71.7 Å². The van der Waals surface area contributed by atoms with E-state index in [1.54, 1.807) is 0 Å². The molecular formula is C25H41N3O2. The van der Waals surface area contributed by atoms with E-state index in [1.807, 2.05) is 4.90 Å². The second-order valence-corrected chi connectivity index (χ2v) is 9.99. The molecule has 1 N–H and O–H groups in total. The zero-order chi connectivity index (χ0) is 21.9. The van der Waals surface area contributed by atoms with E-state index in [0.717, 1.165) is 39.0 Å². The van der Waals surface area contributed by atoms with E-state index in [2.05, 4.69) is 68.8 Å². The Hall–Kier alpha value is -1.59. The lowest BCUT2D eigenvalue weighted by molar-refractivity contribution is -0.141. The van der Waals surface area contributed by atoms with Gasteiger partial charge in [0.05, 0.1) is 12.0 Å². The van der Waals surface area contributed by atoms with Crippen LogP contribution >= 0.6 is 0 Å². The van der Waals surface area contributed by atoms with Crippen LogP contribution in [0.25, 0.3) is 0 Å². The molecule has 0 spiro atoms. The smallest absolute Gasteiger partial charge is 0.225 e. The van der Waals surface area contributed by atoms with Gasteiger partial charge in [-0.2, -0.15) is 0 Å². The molecule has 1 aromatic carbocycles. The minimum atomic E-state index is -0.866. The average molecular weight is 416 g/mol. The summed E-state index contributed by atoms with van der Waals surface area (Å²) in [4.78, 5) is 19.8. The van der Waals surface area contributed by atoms with Crippen molar-refractivity contribution in [2.24, 2.45) is 0 Å². The molecule has 2 fully saturated rings. The molecule has 0 saturated carbocycles. The Morgan fingerprint density at radius 3 is 2.07 bits per heavy atom. The van der Waals surface area contributed by atoms with Gasteiger partial charge in [0, 0.05) is 44.0 Å². The molecule has 2 heterocycles. The van der Waals surface area contributed by atoms with Gasteiger partial charge >= 0.3 is 0 Å². The maximum absolute atomic E-state index is 13.0. The third-order valence-electron chi connectivity index (χ3n) is 7.21. The number of benzene rings is 1. The van der Waals surface area contributed by atoms with Crippen LogP contribution in [0.3, 0.4) is 0 Å². The van der Waals surface area contributed by atoms with Gasteiger partial charge < -0.3 is 19.8 Å². The molecule has 2 aliphatic heterocycles. The Bertz CT molecular complexity index is 681.